The highest BCUT2D eigenvalue weighted by Crippen LogP contribution is 2.20. The largest absolute Gasteiger partial charge is 0.369 e. The van der Waals surface area contributed by atoms with E-state index in [1.54, 1.807) is 12.1 Å². The van der Waals surface area contributed by atoms with Gasteiger partial charge in [-0.25, -0.2) is 0 Å². The molecule has 0 saturated heterocycles. The van der Waals surface area contributed by atoms with Crippen LogP contribution in [0.15, 0.2) is 18.2 Å². The maximum absolute atomic E-state index is 8.95. The number of benzene rings is 1. The summed E-state index contributed by atoms with van der Waals surface area (Å²) in [7, 11) is 0. The standard InChI is InChI=1S/C13H15N3/c1-4-16(10(2)3)13-6-5-11(8-14)12(7-13)9-15/h5-7,10H,4H2,1-3H3. The van der Waals surface area contributed by atoms with Crippen molar-refractivity contribution >= 4 is 5.69 Å². The SMILES string of the molecule is CCN(c1ccc(C#N)c(C#N)c1)C(C)C. The van der Waals surface area contributed by atoms with Crippen molar-refractivity contribution in [1.29, 1.82) is 10.5 Å². The molecule has 0 atom stereocenters. The summed E-state index contributed by atoms with van der Waals surface area (Å²) in [6.07, 6.45) is 0. The first-order chi connectivity index (χ1) is 7.63. The predicted molar refractivity (Wildman–Crippen MR) is 64.0 cm³/mol. The molecule has 0 aromatic heterocycles. The van der Waals surface area contributed by atoms with Crippen LogP contribution in [0.25, 0.3) is 0 Å². The van der Waals surface area contributed by atoms with E-state index in [0.717, 1.165) is 12.2 Å². The van der Waals surface area contributed by atoms with Gasteiger partial charge in [0, 0.05) is 18.3 Å². The van der Waals surface area contributed by atoms with Crippen molar-refractivity contribution in [2.75, 3.05) is 11.4 Å². The molecule has 0 aliphatic heterocycles. The molecule has 0 amide bonds. The molecule has 82 valence electrons. The summed E-state index contributed by atoms with van der Waals surface area (Å²) in [6, 6.07) is 9.83. The third-order valence-electron chi connectivity index (χ3n) is 2.54. The van der Waals surface area contributed by atoms with E-state index in [9.17, 15) is 0 Å². The van der Waals surface area contributed by atoms with Crippen molar-refractivity contribution in [2.45, 2.75) is 26.8 Å². The molecule has 0 fully saturated rings. The molecular formula is C13H15N3. The van der Waals surface area contributed by atoms with Crippen LogP contribution in [0.3, 0.4) is 0 Å². The zero-order valence-corrected chi connectivity index (χ0v) is 9.86. The van der Waals surface area contributed by atoms with Gasteiger partial charge in [-0.15, -0.1) is 0 Å². The number of nitrogens with zero attached hydrogens (tertiary/aromatic N) is 3. The molecule has 0 saturated carbocycles. The second-order valence-corrected chi connectivity index (χ2v) is 3.83. The lowest BCUT2D eigenvalue weighted by Crippen LogP contribution is -2.30. The van der Waals surface area contributed by atoms with E-state index in [1.807, 2.05) is 12.1 Å². The molecule has 0 radical (unpaired) electrons. The van der Waals surface area contributed by atoms with E-state index in [4.69, 9.17) is 10.5 Å². The van der Waals surface area contributed by atoms with Crippen LogP contribution in [0.4, 0.5) is 5.69 Å². The molecule has 3 nitrogen and oxygen atoms in total. The summed E-state index contributed by atoms with van der Waals surface area (Å²) in [5.41, 5.74) is 1.87. The second-order valence-electron chi connectivity index (χ2n) is 3.83. The molecule has 0 aliphatic carbocycles. The van der Waals surface area contributed by atoms with Gasteiger partial charge in [-0.05, 0) is 39.0 Å². The van der Waals surface area contributed by atoms with Crippen LogP contribution in [0, 0.1) is 22.7 Å². The quantitative estimate of drug-likeness (QED) is 0.775. The maximum Gasteiger partial charge on any atom is 0.101 e. The van der Waals surface area contributed by atoms with Crippen LogP contribution in [-0.2, 0) is 0 Å². The average Bonchev–Trinajstić information content (AvgIpc) is 2.29. The lowest BCUT2D eigenvalue weighted by Gasteiger charge is -2.27. The number of anilines is 1. The smallest absolute Gasteiger partial charge is 0.101 e. The minimum atomic E-state index is 0.379. The van der Waals surface area contributed by atoms with Gasteiger partial charge in [0.1, 0.15) is 12.1 Å². The fraction of sp³-hybridized carbons (Fsp3) is 0.385. The Kier molecular flexibility index (Phi) is 3.91. The number of rotatable bonds is 3. The summed E-state index contributed by atoms with van der Waals surface area (Å²) in [5, 5.41) is 17.8. The number of hydrogen-bond donors (Lipinski definition) is 0. The fourth-order valence-electron chi connectivity index (χ4n) is 1.75. The van der Waals surface area contributed by atoms with E-state index in [-0.39, 0.29) is 0 Å². The lowest BCUT2D eigenvalue weighted by molar-refractivity contribution is 0.704. The summed E-state index contributed by atoms with van der Waals surface area (Å²) in [6.45, 7) is 7.17. The maximum atomic E-state index is 8.95. The van der Waals surface area contributed by atoms with Gasteiger partial charge in [-0.3, -0.25) is 0 Å². The number of nitriles is 2. The summed E-state index contributed by atoms with van der Waals surface area (Å²) >= 11 is 0. The Morgan fingerprint density at radius 2 is 1.81 bits per heavy atom. The van der Waals surface area contributed by atoms with E-state index in [1.165, 1.54) is 0 Å². The van der Waals surface area contributed by atoms with Crippen molar-refractivity contribution in [3.63, 3.8) is 0 Å². The van der Waals surface area contributed by atoms with Gasteiger partial charge in [0.15, 0.2) is 0 Å². The van der Waals surface area contributed by atoms with Gasteiger partial charge >= 0.3 is 0 Å². The van der Waals surface area contributed by atoms with Crippen LogP contribution in [0.2, 0.25) is 0 Å². The average molecular weight is 213 g/mol. The molecule has 0 N–H and O–H groups in total. The van der Waals surface area contributed by atoms with Crippen molar-refractivity contribution in [1.82, 2.24) is 0 Å². The molecule has 1 aromatic rings. The first kappa shape index (κ1) is 12.1. The topological polar surface area (TPSA) is 50.8 Å². The van der Waals surface area contributed by atoms with Crippen molar-refractivity contribution in [3.8, 4) is 12.1 Å². The first-order valence-corrected chi connectivity index (χ1v) is 5.35. The predicted octanol–water partition coefficient (Wildman–Crippen LogP) is 2.66. The monoisotopic (exact) mass is 213 g/mol. The summed E-state index contributed by atoms with van der Waals surface area (Å²) in [5.74, 6) is 0. The van der Waals surface area contributed by atoms with Gasteiger partial charge in [-0.2, -0.15) is 10.5 Å². The minimum Gasteiger partial charge on any atom is -0.369 e. The van der Waals surface area contributed by atoms with Gasteiger partial charge in [0.05, 0.1) is 11.1 Å². The van der Waals surface area contributed by atoms with Crippen LogP contribution < -0.4 is 4.90 Å². The molecular weight excluding hydrogens is 198 g/mol. The molecule has 16 heavy (non-hydrogen) atoms. The zero-order valence-electron chi connectivity index (χ0n) is 9.86. The Morgan fingerprint density at radius 3 is 2.25 bits per heavy atom. The Balaban J connectivity index is 3.19. The molecule has 0 bridgehead atoms. The van der Waals surface area contributed by atoms with Crippen LogP contribution in [0.5, 0.6) is 0 Å². The van der Waals surface area contributed by atoms with E-state index < -0.39 is 0 Å². The third-order valence-corrected chi connectivity index (χ3v) is 2.54. The lowest BCUT2D eigenvalue weighted by atomic mass is 10.1. The molecule has 1 rings (SSSR count). The second kappa shape index (κ2) is 5.19. The highest BCUT2D eigenvalue weighted by atomic mass is 15.1. The Morgan fingerprint density at radius 1 is 1.19 bits per heavy atom. The zero-order chi connectivity index (χ0) is 12.1. The summed E-state index contributed by atoms with van der Waals surface area (Å²) in [4.78, 5) is 2.18. The van der Waals surface area contributed by atoms with E-state index >= 15 is 0 Å². The van der Waals surface area contributed by atoms with Crippen molar-refractivity contribution < 1.29 is 0 Å². The molecule has 0 aliphatic rings. The van der Waals surface area contributed by atoms with Gasteiger partial charge in [0.2, 0.25) is 0 Å². The van der Waals surface area contributed by atoms with Gasteiger partial charge in [0.25, 0.3) is 0 Å². The highest BCUT2D eigenvalue weighted by Gasteiger charge is 2.10. The Hall–Kier alpha value is -2.00. The van der Waals surface area contributed by atoms with Gasteiger partial charge in [-0.1, -0.05) is 0 Å². The van der Waals surface area contributed by atoms with Gasteiger partial charge < -0.3 is 4.90 Å². The third kappa shape index (κ3) is 2.32. The Labute approximate surface area is 96.5 Å². The van der Waals surface area contributed by atoms with Crippen molar-refractivity contribution in [2.24, 2.45) is 0 Å². The Bertz CT molecular complexity index is 449. The molecule has 3 heteroatoms. The van der Waals surface area contributed by atoms with Crippen LogP contribution in [-0.4, -0.2) is 12.6 Å². The van der Waals surface area contributed by atoms with Crippen molar-refractivity contribution in [3.05, 3.63) is 29.3 Å². The summed E-state index contributed by atoms with van der Waals surface area (Å²) < 4.78 is 0. The normalized spacial score (nSPS) is 9.62. The first-order valence-electron chi connectivity index (χ1n) is 5.35. The highest BCUT2D eigenvalue weighted by molar-refractivity contribution is 5.57. The molecule has 1 aromatic carbocycles. The van der Waals surface area contributed by atoms with E-state index in [2.05, 4.69) is 31.7 Å². The molecule has 0 unspecified atom stereocenters. The minimum absolute atomic E-state index is 0.379. The molecule has 0 spiro atoms. The number of hydrogen-bond acceptors (Lipinski definition) is 3. The molecule has 0 heterocycles. The fourth-order valence-corrected chi connectivity index (χ4v) is 1.75. The van der Waals surface area contributed by atoms with Crippen LogP contribution >= 0.6 is 0 Å². The van der Waals surface area contributed by atoms with E-state index in [0.29, 0.717) is 17.2 Å². The van der Waals surface area contributed by atoms with Crippen LogP contribution in [0.1, 0.15) is 31.9 Å².